The van der Waals surface area contributed by atoms with Crippen molar-refractivity contribution in [1.29, 1.82) is 0 Å². The van der Waals surface area contributed by atoms with Crippen LogP contribution in [0.15, 0.2) is 36.7 Å². The first-order valence-corrected chi connectivity index (χ1v) is 7.14. The first kappa shape index (κ1) is 12.5. The molecular formula is C17H22N2. The molecule has 2 nitrogen and oxygen atoms in total. The molecule has 0 spiro atoms. The third kappa shape index (κ3) is 2.44. The van der Waals surface area contributed by atoms with Gasteiger partial charge in [-0.2, -0.15) is 0 Å². The van der Waals surface area contributed by atoms with E-state index in [0.29, 0.717) is 11.5 Å². The molecule has 2 atom stereocenters. The molecule has 1 aliphatic rings. The van der Waals surface area contributed by atoms with Crippen LogP contribution >= 0.6 is 0 Å². The average molecular weight is 254 g/mol. The molecule has 19 heavy (non-hydrogen) atoms. The lowest BCUT2D eigenvalue weighted by Gasteiger charge is -2.21. The lowest BCUT2D eigenvalue weighted by Crippen LogP contribution is -2.22. The van der Waals surface area contributed by atoms with Crippen LogP contribution in [-0.4, -0.2) is 11.0 Å². The number of hydrogen-bond acceptors (Lipinski definition) is 2. The highest BCUT2D eigenvalue weighted by atomic mass is 14.9. The highest BCUT2D eigenvalue weighted by Gasteiger charge is 2.36. The Labute approximate surface area is 115 Å². The number of rotatable bonds is 2. The molecule has 1 saturated carbocycles. The highest BCUT2D eigenvalue weighted by molar-refractivity contribution is 5.93. The molecule has 1 fully saturated rings. The molecule has 1 heterocycles. The molecule has 0 bridgehead atoms. The van der Waals surface area contributed by atoms with Crippen LogP contribution in [0.5, 0.6) is 0 Å². The van der Waals surface area contributed by atoms with Gasteiger partial charge >= 0.3 is 0 Å². The van der Waals surface area contributed by atoms with E-state index in [0.717, 1.165) is 5.92 Å². The number of nitrogens with one attached hydrogen (secondary N) is 1. The molecule has 2 heteroatoms. The van der Waals surface area contributed by atoms with Gasteiger partial charge in [0.1, 0.15) is 0 Å². The average Bonchev–Trinajstić information content (AvgIpc) is 2.63. The molecule has 1 aliphatic carbocycles. The Morgan fingerprint density at radius 3 is 2.79 bits per heavy atom. The second-order valence-corrected chi connectivity index (χ2v) is 6.70. The van der Waals surface area contributed by atoms with E-state index in [2.05, 4.69) is 55.3 Å². The summed E-state index contributed by atoms with van der Waals surface area (Å²) in [4.78, 5) is 4.20. The standard InChI is InChI=1S/C17H22N2/c1-12-9-17(2,3)10-16(12)19-15-6-4-5-13-11-18-8-7-14(13)15/h4-8,11-12,16,19H,9-10H2,1-3H3. The first-order valence-electron chi connectivity index (χ1n) is 7.14. The van der Waals surface area contributed by atoms with Crippen LogP contribution in [0, 0.1) is 11.3 Å². The van der Waals surface area contributed by atoms with Crippen molar-refractivity contribution in [3.8, 4) is 0 Å². The third-order valence-corrected chi connectivity index (χ3v) is 4.36. The van der Waals surface area contributed by atoms with Crippen molar-refractivity contribution in [2.24, 2.45) is 11.3 Å². The molecule has 2 aromatic rings. The van der Waals surface area contributed by atoms with Crippen molar-refractivity contribution in [3.63, 3.8) is 0 Å². The third-order valence-electron chi connectivity index (χ3n) is 4.36. The summed E-state index contributed by atoms with van der Waals surface area (Å²) in [5.74, 6) is 0.729. The predicted molar refractivity (Wildman–Crippen MR) is 81.3 cm³/mol. The van der Waals surface area contributed by atoms with Gasteiger partial charge in [0.2, 0.25) is 0 Å². The topological polar surface area (TPSA) is 24.9 Å². The Hall–Kier alpha value is -1.57. The zero-order chi connectivity index (χ0) is 13.5. The number of pyridine rings is 1. The fourth-order valence-corrected chi connectivity index (χ4v) is 3.54. The maximum atomic E-state index is 4.20. The van der Waals surface area contributed by atoms with Crippen molar-refractivity contribution in [2.75, 3.05) is 5.32 Å². The maximum absolute atomic E-state index is 4.20. The number of fused-ring (bicyclic) bond motifs is 1. The largest absolute Gasteiger partial charge is 0.382 e. The van der Waals surface area contributed by atoms with Gasteiger partial charge in [0.05, 0.1) is 0 Å². The lowest BCUT2D eigenvalue weighted by molar-refractivity contribution is 0.366. The fraction of sp³-hybridized carbons (Fsp3) is 0.471. The Morgan fingerprint density at radius 2 is 2.05 bits per heavy atom. The summed E-state index contributed by atoms with van der Waals surface area (Å²) in [5.41, 5.74) is 1.71. The highest BCUT2D eigenvalue weighted by Crippen LogP contribution is 2.42. The molecular weight excluding hydrogens is 232 g/mol. The summed E-state index contributed by atoms with van der Waals surface area (Å²) in [7, 11) is 0. The van der Waals surface area contributed by atoms with Crippen molar-refractivity contribution < 1.29 is 0 Å². The van der Waals surface area contributed by atoms with E-state index in [1.807, 2.05) is 12.4 Å². The summed E-state index contributed by atoms with van der Waals surface area (Å²) in [6.07, 6.45) is 6.35. The van der Waals surface area contributed by atoms with Gasteiger partial charge in [-0.15, -0.1) is 0 Å². The summed E-state index contributed by atoms with van der Waals surface area (Å²) in [5, 5.41) is 6.24. The van der Waals surface area contributed by atoms with E-state index in [1.165, 1.54) is 29.3 Å². The number of aromatic nitrogens is 1. The Kier molecular flexibility index (Phi) is 2.96. The summed E-state index contributed by atoms with van der Waals surface area (Å²) < 4.78 is 0. The van der Waals surface area contributed by atoms with Crippen LogP contribution in [0.1, 0.15) is 33.6 Å². The van der Waals surface area contributed by atoms with E-state index in [1.54, 1.807) is 0 Å². The van der Waals surface area contributed by atoms with E-state index < -0.39 is 0 Å². The van der Waals surface area contributed by atoms with Gasteiger partial charge in [-0.05, 0) is 36.3 Å². The Bertz CT molecular complexity index is 583. The second kappa shape index (κ2) is 4.52. The minimum Gasteiger partial charge on any atom is -0.382 e. The van der Waals surface area contributed by atoms with Crippen LogP contribution in [-0.2, 0) is 0 Å². The monoisotopic (exact) mass is 254 g/mol. The normalized spacial score (nSPS) is 25.6. The molecule has 1 aromatic heterocycles. The SMILES string of the molecule is CC1CC(C)(C)CC1Nc1cccc2cnccc12. The molecule has 2 unspecified atom stereocenters. The van der Waals surface area contributed by atoms with Gasteiger partial charge in [0.25, 0.3) is 0 Å². The maximum Gasteiger partial charge on any atom is 0.0423 e. The first-order chi connectivity index (χ1) is 9.05. The second-order valence-electron chi connectivity index (χ2n) is 6.70. The van der Waals surface area contributed by atoms with Crippen LogP contribution in [0.3, 0.4) is 0 Å². The van der Waals surface area contributed by atoms with E-state index in [-0.39, 0.29) is 0 Å². The van der Waals surface area contributed by atoms with Gasteiger partial charge < -0.3 is 5.32 Å². The van der Waals surface area contributed by atoms with Crippen molar-refractivity contribution in [3.05, 3.63) is 36.7 Å². The van der Waals surface area contributed by atoms with Gasteiger partial charge in [0.15, 0.2) is 0 Å². The van der Waals surface area contributed by atoms with Crippen LogP contribution < -0.4 is 5.32 Å². The predicted octanol–water partition coefficient (Wildman–Crippen LogP) is 4.47. The van der Waals surface area contributed by atoms with Crippen LogP contribution in [0.2, 0.25) is 0 Å². The lowest BCUT2D eigenvalue weighted by atomic mass is 9.91. The zero-order valence-electron chi connectivity index (χ0n) is 12.0. The number of benzene rings is 1. The minimum absolute atomic E-state index is 0.462. The van der Waals surface area contributed by atoms with Crippen molar-refractivity contribution >= 4 is 16.5 Å². The van der Waals surface area contributed by atoms with Crippen molar-refractivity contribution in [2.45, 2.75) is 39.7 Å². The summed E-state index contributed by atoms with van der Waals surface area (Å²) >= 11 is 0. The Balaban J connectivity index is 1.90. The van der Waals surface area contributed by atoms with Crippen LogP contribution in [0.4, 0.5) is 5.69 Å². The van der Waals surface area contributed by atoms with E-state index in [4.69, 9.17) is 0 Å². The zero-order valence-corrected chi connectivity index (χ0v) is 12.0. The van der Waals surface area contributed by atoms with Crippen LogP contribution in [0.25, 0.3) is 10.8 Å². The molecule has 0 aliphatic heterocycles. The smallest absolute Gasteiger partial charge is 0.0423 e. The molecule has 100 valence electrons. The van der Waals surface area contributed by atoms with Crippen molar-refractivity contribution in [1.82, 2.24) is 4.98 Å². The molecule has 0 saturated heterocycles. The summed E-state index contributed by atoms with van der Waals surface area (Å²) in [6, 6.07) is 9.09. The number of nitrogens with zero attached hydrogens (tertiary/aromatic N) is 1. The quantitative estimate of drug-likeness (QED) is 0.855. The molecule has 3 rings (SSSR count). The number of anilines is 1. The van der Waals surface area contributed by atoms with E-state index in [9.17, 15) is 0 Å². The number of hydrogen-bond donors (Lipinski definition) is 1. The van der Waals surface area contributed by atoms with E-state index >= 15 is 0 Å². The molecule has 0 radical (unpaired) electrons. The van der Waals surface area contributed by atoms with Gasteiger partial charge in [-0.3, -0.25) is 4.98 Å². The molecule has 0 amide bonds. The molecule has 1 N–H and O–H groups in total. The van der Waals surface area contributed by atoms with Gasteiger partial charge in [-0.25, -0.2) is 0 Å². The minimum atomic E-state index is 0.462. The van der Waals surface area contributed by atoms with Gasteiger partial charge in [0, 0.05) is 34.9 Å². The Morgan fingerprint density at radius 1 is 1.21 bits per heavy atom. The molecule has 1 aromatic carbocycles. The fourth-order valence-electron chi connectivity index (χ4n) is 3.54. The van der Waals surface area contributed by atoms with Gasteiger partial charge in [-0.1, -0.05) is 32.9 Å². The summed E-state index contributed by atoms with van der Waals surface area (Å²) in [6.45, 7) is 7.11.